The quantitative estimate of drug-likeness (QED) is 0.381. The summed E-state index contributed by atoms with van der Waals surface area (Å²) in [6, 6.07) is 8.60. The van der Waals surface area contributed by atoms with Crippen molar-refractivity contribution in [2.24, 2.45) is 7.05 Å². The average molecular weight is 585 g/mol. The number of rotatable bonds is 5. The maximum absolute atomic E-state index is 13.8. The topological polar surface area (TPSA) is 127 Å². The number of benzene rings is 2. The number of hydrogen-bond donors (Lipinski definition) is 1. The number of nitrogens with one attached hydrogen (secondary N) is 1. The van der Waals surface area contributed by atoms with E-state index >= 15 is 0 Å². The van der Waals surface area contributed by atoms with Crippen molar-refractivity contribution in [2.75, 3.05) is 19.3 Å². The standard InChI is InChI=1S/C27H26ClFN6O4S/c1-15-23(27(34(2)33-15)40(3,38)39)25(36)32-21-8-11-35(14-19(21)16-4-6-18(29)7-5-16)26(37)17-12-20(28)24-22(13-17)30-9-10-31-24/h4-7,9-10,12-13,19,21H,8,11,14H2,1-3H3,(H,32,36)/t19-,21-/m1/s1. The molecule has 1 N–H and O–H groups in total. The van der Waals surface area contributed by atoms with E-state index in [1.165, 1.54) is 36.3 Å². The highest BCUT2D eigenvalue weighted by Crippen LogP contribution is 2.31. The summed E-state index contributed by atoms with van der Waals surface area (Å²) in [6.45, 7) is 2.10. The minimum Gasteiger partial charge on any atom is -0.348 e. The third-order valence-corrected chi connectivity index (χ3v) is 8.50. The Morgan fingerprint density at radius 1 is 1.12 bits per heavy atom. The molecule has 1 fully saturated rings. The van der Waals surface area contributed by atoms with Crippen LogP contribution in [0, 0.1) is 12.7 Å². The van der Waals surface area contributed by atoms with Crippen molar-refractivity contribution in [1.82, 2.24) is 30.0 Å². The molecule has 2 amide bonds. The molecular weight excluding hydrogens is 559 g/mol. The van der Waals surface area contributed by atoms with Gasteiger partial charge in [-0.2, -0.15) is 5.10 Å². The van der Waals surface area contributed by atoms with E-state index < -0.39 is 33.5 Å². The molecule has 5 rings (SSSR count). The smallest absolute Gasteiger partial charge is 0.256 e. The first kappa shape index (κ1) is 27.7. The molecule has 208 valence electrons. The molecule has 0 spiro atoms. The summed E-state index contributed by atoms with van der Waals surface area (Å²) >= 11 is 6.38. The van der Waals surface area contributed by atoms with Crippen LogP contribution in [-0.4, -0.2) is 70.3 Å². The van der Waals surface area contributed by atoms with Crippen LogP contribution in [0.4, 0.5) is 4.39 Å². The Balaban J connectivity index is 1.45. The van der Waals surface area contributed by atoms with Crippen LogP contribution in [-0.2, 0) is 16.9 Å². The van der Waals surface area contributed by atoms with E-state index in [1.807, 2.05) is 0 Å². The molecule has 0 radical (unpaired) electrons. The van der Waals surface area contributed by atoms with E-state index in [0.717, 1.165) is 11.8 Å². The first-order valence-corrected chi connectivity index (χ1v) is 14.7. The van der Waals surface area contributed by atoms with Gasteiger partial charge < -0.3 is 10.2 Å². The molecular formula is C27H26ClFN6O4S. The molecule has 0 saturated carbocycles. The number of sulfone groups is 1. The van der Waals surface area contributed by atoms with Gasteiger partial charge in [0, 0.05) is 56.3 Å². The number of halogens is 2. The third-order valence-electron chi connectivity index (χ3n) is 7.04. The highest BCUT2D eigenvalue weighted by Gasteiger charge is 2.36. The van der Waals surface area contributed by atoms with Gasteiger partial charge in [-0.25, -0.2) is 12.8 Å². The molecule has 40 heavy (non-hydrogen) atoms. The third kappa shape index (κ3) is 5.28. The summed E-state index contributed by atoms with van der Waals surface area (Å²) in [4.78, 5) is 37.1. The van der Waals surface area contributed by atoms with Crippen molar-refractivity contribution in [3.63, 3.8) is 0 Å². The van der Waals surface area contributed by atoms with Crippen LogP contribution in [0.2, 0.25) is 5.02 Å². The molecule has 0 unspecified atom stereocenters. The lowest BCUT2D eigenvalue weighted by atomic mass is 9.85. The first-order chi connectivity index (χ1) is 18.9. The van der Waals surface area contributed by atoms with E-state index in [-0.39, 0.29) is 28.7 Å². The van der Waals surface area contributed by atoms with Gasteiger partial charge in [-0.1, -0.05) is 23.7 Å². The second kappa shape index (κ2) is 10.6. The Hall–Kier alpha value is -3.90. The molecule has 10 nitrogen and oxygen atoms in total. The molecule has 2 aromatic heterocycles. The first-order valence-electron chi connectivity index (χ1n) is 12.4. The monoisotopic (exact) mass is 584 g/mol. The van der Waals surface area contributed by atoms with Crippen LogP contribution in [0.1, 0.15) is 44.3 Å². The van der Waals surface area contributed by atoms with Gasteiger partial charge in [0.2, 0.25) is 0 Å². The maximum Gasteiger partial charge on any atom is 0.256 e. The summed E-state index contributed by atoms with van der Waals surface area (Å²) in [5.41, 5.74) is 2.31. The highest BCUT2D eigenvalue weighted by molar-refractivity contribution is 7.90. The molecule has 1 aliphatic rings. The molecule has 2 atom stereocenters. The number of carbonyl (C=O) groups is 2. The second-order valence-electron chi connectivity index (χ2n) is 9.82. The van der Waals surface area contributed by atoms with Gasteiger partial charge in [0.05, 0.1) is 21.8 Å². The van der Waals surface area contributed by atoms with Gasteiger partial charge in [-0.3, -0.25) is 24.2 Å². The van der Waals surface area contributed by atoms with Gasteiger partial charge in [0.25, 0.3) is 11.8 Å². The number of likely N-dealkylation sites (tertiary alicyclic amines) is 1. The van der Waals surface area contributed by atoms with Crippen LogP contribution >= 0.6 is 11.6 Å². The molecule has 1 aliphatic heterocycles. The summed E-state index contributed by atoms with van der Waals surface area (Å²) in [5.74, 6) is -1.67. The van der Waals surface area contributed by atoms with Crippen LogP contribution in [0.15, 0.2) is 53.8 Å². The van der Waals surface area contributed by atoms with Gasteiger partial charge in [-0.05, 0) is 43.2 Å². The van der Waals surface area contributed by atoms with Gasteiger partial charge in [-0.15, -0.1) is 0 Å². The molecule has 0 bridgehead atoms. The van der Waals surface area contributed by atoms with Crippen LogP contribution < -0.4 is 5.32 Å². The zero-order valence-electron chi connectivity index (χ0n) is 21.9. The lowest BCUT2D eigenvalue weighted by molar-refractivity contribution is 0.0671. The Labute approximate surface area is 235 Å². The van der Waals surface area contributed by atoms with Gasteiger partial charge in [0.1, 0.15) is 11.3 Å². The zero-order valence-corrected chi connectivity index (χ0v) is 23.5. The van der Waals surface area contributed by atoms with Crippen molar-refractivity contribution < 1.29 is 22.4 Å². The SMILES string of the molecule is Cc1nn(C)c(S(C)(=O)=O)c1C(=O)N[C@@H]1CCN(C(=O)c2cc(Cl)c3nccnc3c2)C[C@@H]1c1ccc(F)cc1. The summed E-state index contributed by atoms with van der Waals surface area (Å²) < 4.78 is 39.8. The largest absolute Gasteiger partial charge is 0.348 e. The number of nitrogens with zero attached hydrogens (tertiary/aromatic N) is 5. The summed E-state index contributed by atoms with van der Waals surface area (Å²) in [6.07, 6.45) is 4.43. The fourth-order valence-electron chi connectivity index (χ4n) is 5.26. The van der Waals surface area contributed by atoms with Crippen LogP contribution in [0.3, 0.4) is 0 Å². The second-order valence-corrected chi connectivity index (χ2v) is 12.2. The maximum atomic E-state index is 13.8. The number of carbonyl (C=O) groups excluding carboxylic acids is 2. The minimum atomic E-state index is -3.74. The van der Waals surface area contributed by atoms with Crippen LogP contribution in [0.5, 0.6) is 0 Å². The van der Waals surface area contributed by atoms with Crippen LogP contribution in [0.25, 0.3) is 11.0 Å². The van der Waals surface area contributed by atoms with E-state index in [0.29, 0.717) is 34.6 Å². The van der Waals surface area contributed by atoms with E-state index in [4.69, 9.17) is 11.6 Å². The predicted molar refractivity (Wildman–Crippen MR) is 147 cm³/mol. The molecule has 3 heterocycles. The number of aromatic nitrogens is 4. The number of amides is 2. The average Bonchev–Trinajstić information content (AvgIpc) is 3.23. The summed E-state index contributed by atoms with van der Waals surface area (Å²) in [7, 11) is -2.28. The number of aryl methyl sites for hydroxylation is 2. The van der Waals surface area contributed by atoms with E-state index in [1.54, 1.807) is 36.1 Å². The minimum absolute atomic E-state index is 0.0201. The molecule has 4 aromatic rings. The molecule has 2 aromatic carbocycles. The summed E-state index contributed by atoms with van der Waals surface area (Å²) in [5, 5.41) is 7.24. The normalized spacial score (nSPS) is 17.7. The van der Waals surface area contributed by atoms with E-state index in [2.05, 4.69) is 20.4 Å². The number of hydrogen-bond acceptors (Lipinski definition) is 7. The molecule has 13 heteroatoms. The zero-order chi connectivity index (χ0) is 28.8. The number of fused-ring (bicyclic) bond motifs is 1. The Morgan fingerprint density at radius 3 is 2.52 bits per heavy atom. The number of piperidine rings is 1. The fraction of sp³-hybridized carbons (Fsp3) is 0.296. The fourth-order valence-corrected chi connectivity index (χ4v) is 6.65. The Morgan fingerprint density at radius 2 is 1.82 bits per heavy atom. The van der Waals surface area contributed by atoms with Gasteiger partial charge in [0.15, 0.2) is 14.9 Å². The molecule has 1 saturated heterocycles. The van der Waals surface area contributed by atoms with Crippen molar-refractivity contribution in [2.45, 2.75) is 30.3 Å². The Bertz CT molecular complexity index is 1740. The lowest BCUT2D eigenvalue weighted by Gasteiger charge is -2.39. The predicted octanol–water partition coefficient (Wildman–Crippen LogP) is 3.30. The van der Waals surface area contributed by atoms with Crippen molar-refractivity contribution >= 4 is 44.3 Å². The van der Waals surface area contributed by atoms with Crippen molar-refractivity contribution in [1.29, 1.82) is 0 Å². The Kier molecular flexibility index (Phi) is 7.32. The van der Waals surface area contributed by atoms with Crippen molar-refractivity contribution in [3.05, 3.63) is 82.0 Å². The lowest BCUT2D eigenvalue weighted by Crippen LogP contribution is -2.51. The molecule has 0 aliphatic carbocycles. The van der Waals surface area contributed by atoms with Crippen molar-refractivity contribution in [3.8, 4) is 0 Å². The highest BCUT2D eigenvalue weighted by atomic mass is 35.5. The van der Waals surface area contributed by atoms with E-state index in [9.17, 15) is 22.4 Å². The van der Waals surface area contributed by atoms with Gasteiger partial charge >= 0.3 is 0 Å².